The van der Waals surface area contributed by atoms with Crippen LogP contribution in [-0.4, -0.2) is 36.7 Å². The third-order valence-electron chi connectivity index (χ3n) is 8.96. The highest BCUT2D eigenvalue weighted by Crippen LogP contribution is 2.22. The van der Waals surface area contributed by atoms with Gasteiger partial charge in [0.05, 0.1) is 23.5 Å². The van der Waals surface area contributed by atoms with E-state index >= 15 is 0 Å². The standard InChI is InChI=1S/C38H77NO3/c1-9-11-13-15-17-19-21-23-25-27-29-36(30-28-26-24-22-20-18-16-14-12-10-2)42-39-35(3)31-32-38(6,7)41-34-33-37(4,5)40-8/h36H,9-34H2,1-8H3. The van der Waals surface area contributed by atoms with Gasteiger partial charge in [0.1, 0.15) is 6.10 Å². The van der Waals surface area contributed by atoms with Gasteiger partial charge in [-0.3, -0.25) is 0 Å². The van der Waals surface area contributed by atoms with E-state index in [1.54, 1.807) is 7.11 Å². The van der Waals surface area contributed by atoms with Gasteiger partial charge in [-0.2, -0.15) is 0 Å². The summed E-state index contributed by atoms with van der Waals surface area (Å²) in [7, 11) is 1.77. The van der Waals surface area contributed by atoms with Gasteiger partial charge in [0.25, 0.3) is 0 Å². The topological polar surface area (TPSA) is 40.0 Å². The highest BCUT2D eigenvalue weighted by atomic mass is 16.6. The number of rotatable bonds is 32. The molecule has 0 N–H and O–H groups in total. The zero-order chi connectivity index (χ0) is 31.4. The van der Waals surface area contributed by atoms with Crippen LogP contribution in [0.1, 0.15) is 209 Å². The number of nitrogens with zero attached hydrogens (tertiary/aromatic N) is 1. The van der Waals surface area contributed by atoms with Crippen LogP contribution in [0.2, 0.25) is 0 Å². The van der Waals surface area contributed by atoms with Crippen LogP contribution in [0.3, 0.4) is 0 Å². The summed E-state index contributed by atoms with van der Waals surface area (Å²) in [5.41, 5.74) is 0.769. The van der Waals surface area contributed by atoms with Crippen LogP contribution in [0.4, 0.5) is 0 Å². The van der Waals surface area contributed by atoms with Crippen LogP contribution in [0.5, 0.6) is 0 Å². The molecule has 252 valence electrons. The Morgan fingerprint density at radius 2 is 0.976 bits per heavy atom. The Bertz CT molecular complexity index is 577. The Labute approximate surface area is 264 Å². The normalized spacial score (nSPS) is 12.9. The number of ether oxygens (including phenoxy) is 2. The van der Waals surface area contributed by atoms with Crippen LogP contribution < -0.4 is 0 Å². The van der Waals surface area contributed by atoms with E-state index in [1.807, 2.05) is 0 Å². The Balaban J connectivity index is 4.44. The van der Waals surface area contributed by atoms with Crippen LogP contribution in [-0.2, 0) is 14.3 Å². The molecular formula is C38H77NO3. The van der Waals surface area contributed by atoms with E-state index in [-0.39, 0.29) is 17.3 Å². The first-order valence-electron chi connectivity index (χ1n) is 18.5. The van der Waals surface area contributed by atoms with E-state index in [0.717, 1.165) is 37.8 Å². The van der Waals surface area contributed by atoms with Gasteiger partial charge >= 0.3 is 0 Å². The molecule has 0 aromatic heterocycles. The summed E-state index contributed by atoms with van der Waals surface area (Å²) in [6.07, 6.45) is 32.9. The van der Waals surface area contributed by atoms with E-state index in [9.17, 15) is 0 Å². The van der Waals surface area contributed by atoms with Crippen molar-refractivity contribution in [1.29, 1.82) is 0 Å². The maximum atomic E-state index is 6.21. The van der Waals surface area contributed by atoms with Crippen LogP contribution in [0.25, 0.3) is 0 Å². The van der Waals surface area contributed by atoms with Crippen molar-refractivity contribution in [2.75, 3.05) is 13.7 Å². The van der Waals surface area contributed by atoms with Crippen LogP contribution >= 0.6 is 0 Å². The molecule has 42 heavy (non-hydrogen) atoms. The lowest BCUT2D eigenvalue weighted by Crippen LogP contribution is -2.30. The summed E-state index contributed by atoms with van der Waals surface area (Å²) in [6.45, 7) is 16.0. The number of methoxy groups -OCH3 is 1. The predicted molar refractivity (Wildman–Crippen MR) is 186 cm³/mol. The summed E-state index contributed by atoms with van der Waals surface area (Å²) in [4.78, 5) is 6.21. The molecule has 0 aliphatic heterocycles. The van der Waals surface area contributed by atoms with Crippen LogP contribution in [0, 0.1) is 0 Å². The van der Waals surface area contributed by atoms with Crippen molar-refractivity contribution in [1.82, 2.24) is 0 Å². The number of hydrogen-bond acceptors (Lipinski definition) is 4. The Morgan fingerprint density at radius 3 is 1.38 bits per heavy atom. The highest BCUT2D eigenvalue weighted by molar-refractivity contribution is 5.81. The molecule has 0 saturated carbocycles. The second-order valence-electron chi connectivity index (χ2n) is 14.3. The zero-order valence-electron chi connectivity index (χ0n) is 30.1. The quantitative estimate of drug-likeness (QED) is 0.0441. The molecular weight excluding hydrogens is 518 g/mol. The zero-order valence-corrected chi connectivity index (χ0v) is 30.1. The van der Waals surface area contributed by atoms with Crippen molar-refractivity contribution in [3.8, 4) is 0 Å². The second-order valence-corrected chi connectivity index (χ2v) is 14.3. The van der Waals surface area contributed by atoms with Crippen molar-refractivity contribution in [2.45, 2.75) is 226 Å². The molecule has 0 aromatic carbocycles. The Hall–Kier alpha value is -0.610. The largest absolute Gasteiger partial charge is 0.393 e. The molecule has 0 fully saturated rings. The molecule has 0 heterocycles. The van der Waals surface area contributed by atoms with Gasteiger partial charge in [0, 0.05) is 7.11 Å². The van der Waals surface area contributed by atoms with Crippen molar-refractivity contribution >= 4 is 5.71 Å². The molecule has 0 spiro atoms. The van der Waals surface area contributed by atoms with E-state index in [0.29, 0.717) is 6.61 Å². The highest BCUT2D eigenvalue weighted by Gasteiger charge is 2.22. The SMILES string of the molecule is CCCCCCCCCCCCC(CCCCCCCCCCCC)ON=C(C)CCC(C)(C)OCCC(C)(C)OC. The lowest BCUT2D eigenvalue weighted by atomic mass is 10.00. The fourth-order valence-corrected chi connectivity index (χ4v) is 5.41. The van der Waals surface area contributed by atoms with Gasteiger partial charge in [-0.1, -0.05) is 135 Å². The fraction of sp³-hybridized carbons (Fsp3) is 0.974. The van der Waals surface area contributed by atoms with Gasteiger partial charge in [0.15, 0.2) is 0 Å². The molecule has 0 bridgehead atoms. The minimum Gasteiger partial charge on any atom is -0.393 e. The predicted octanol–water partition coefficient (Wildman–Crippen LogP) is 12.8. The van der Waals surface area contributed by atoms with Gasteiger partial charge in [-0.15, -0.1) is 0 Å². The first-order chi connectivity index (χ1) is 20.2. The van der Waals surface area contributed by atoms with Crippen molar-refractivity contribution < 1.29 is 14.3 Å². The fourth-order valence-electron chi connectivity index (χ4n) is 5.41. The van der Waals surface area contributed by atoms with Gasteiger partial charge < -0.3 is 14.3 Å². The van der Waals surface area contributed by atoms with E-state index in [4.69, 9.17) is 14.3 Å². The second kappa shape index (κ2) is 27.9. The molecule has 0 rings (SSSR count). The third kappa shape index (κ3) is 28.2. The summed E-state index contributed by atoms with van der Waals surface area (Å²) in [5, 5.41) is 4.63. The first kappa shape index (κ1) is 41.4. The van der Waals surface area contributed by atoms with E-state index in [1.165, 1.54) is 128 Å². The van der Waals surface area contributed by atoms with E-state index < -0.39 is 0 Å². The monoisotopic (exact) mass is 596 g/mol. The average molecular weight is 596 g/mol. The van der Waals surface area contributed by atoms with E-state index in [2.05, 4.69) is 53.6 Å². The third-order valence-corrected chi connectivity index (χ3v) is 8.96. The molecule has 0 radical (unpaired) electrons. The summed E-state index contributed by atoms with van der Waals surface area (Å²) in [5.74, 6) is 0. The molecule has 0 atom stereocenters. The van der Waals surface area contributed by atoms with Crippen molar-refractivity contribution in [2.24, 2.45) is 5.16 Å². The number of unbranched alkanes of at least 4 members (excludes halogenated alkanes) is 18. The van der Waals surface area contributed by atoms with Gasteiger partial charge in [-0.25, -0.2) is 0 Å². The average Bonchev–Trinajstić information content (AvgIpc) is 2.96. The molecule has 4 nitrogen and oxygen atoms in total. The minimum absolute atomic E-state index is 0.140. The lowest BCUT2D eigenvalue weighted by Gasteiger charge is -2.29. The summed E-state index contributed by atoms with van der Waals surface area (Å²) >= 11 is 0. The Kier molecular flexibility index (Phi) is 27.5. The van der Waals surface area contributed by atoms with Crippen molar-refractivity contribution in [3.05, 3.63) is 0 Å². The summed E-state index contributed by atoms with van der Waals surface area (Å²) in [6, 6.07) is 0. The molecule has 0 unspecified atom stereocenters. The smallest absolute Gasteiger partial charge is 0.127 e. The lowest BCUT2D eigenvalue weighted by molar-refractivity contribution is -0.0604. The minimum atomic E-state index is -0.175. The number of oxime groups is 1. The van der Waals surface area contributed by atoms with Gasteiger partial charge in [0.2, 0.25) is 0 Å². The maximum Gasteiger partial charge on any atom is 0.127 e. The van der Waals surface area contributed by atoms with Crippen molar-refractivity contribution in [3.63, 3.8) is 0 Å². The molecule has 0 aromatic rings. The van der Waals surface area contributed by atoms with Gasteiger partial charge in [-0.05, 0) is 79.6 Å². The molecule has 0 aliphatic carbocycles. The molecule has 4 heteroatoms. The number of hydrogen-bond donors (Lipinski definition) is 0. The molecule has 0 saturated heterocycles. The first-order valence-corrected chi connectivity index (χ1v) is 18.5. The maximum absolute atomic E-state index is 6.21. The summed E-state index contributed by atoms with van der Waals surface area (Å²) < 4.78 is 11.7. The Morgan fingerprint density at radius 1 is 0.571 bits per heavy atom. The van der Waals surface area contributed by atoms with Crippen LogP contribution in [0.15, 0.2) is 5.16 Å². The molecule has 0 amide bonds. The molecule has 0 aliphatic rings.